The number of carbonyl (C=O) groups excluding carboxylic acids is 2. The number of benzene rings is 1. The molecule has 0 bridgehead atoms. The quantitative estimate of drug-likeness (QED) is 0.397. The van der Waals surface area contributed by atoms with Crippen LogP contribution in [0.2, 0.25) is 0 Å². The van der Waals surface area contributed by atoms with Gasteiger partial charge in [0, 0.05) is 11.7 Å². The van der Waals surface area contributed by atoms with Crippen LogP contribution in [0.3, 0.4) is 0 Å². The van der Waals surface area contributed by atoms with Crippen LogP contribution in [0, 0.1) is 12.7 Å². The standard InChI is InChI=1S/C25H25FN6O4/c1-16-11-12-21(36-16)24-28-30-31(29-24)15-22(33)32(19-9-4-6-17(26)14-19)23(20-10-5-13-35-20)25(34)27-18-7-2-3-8-18/h4-6,9-14,18,23H,2-3,7-8,15H2,1H3,(H,27,34)/t23-/m1/s1. The van der Waals surface area contributed by atoms with Gasteiger partial charge in [0.05, 0.1) is 6.26 Å². The van der Waals surface area contributed by atoms with E-state index in [4.69, 9.17) is 8.83 Å². The highest BCUT2D eigenvalue weighted by atomic mass is 19.1. The van der Waals surface area contributed by atoms with Crippen LogP contribution in [0.5, 0.6) is 0 Å². The van der Waals surface area contributed by atoms with Crippen molar-refractivity contribution < 1.29 is 22.8 Å². The molecule has 0 radical (unpaired) electrons. The molecule has 10 nitrogen and oxygen atoms in total. The number of carbonyl (C=O) groups is 2. The Morgan fingerprint density at radius 1 is 1.19 bits per heavy atom. The average molecular weight is 493 g/mol. The van der Waals surface area contributed by atoms with Crippen molar-refractivity contribution in [3.8, 4) is 11.6 Å². The van der Waals surface area contributed by atoms with Crippen LogP contribution in [0.25, 0.3) is 11.6 Å². The molecule has 0 unspecified atom stereocenters. The van der Waals surface area contributed by atoms with Crippen molar-refractivity contribution in [3.63, 3.8) is 0 Å². The number of anilines is 1. The molecule has 1 N–H and O–H groups in total. The fourth-order valence-corrected chi connectivity index (χ4v) is 4.39. The molecule has 1 atom stereocenters. The summed E-state index contributed by atoms with van der Waals surface area (Å²) in [5.74, 6) is 0.0583. The third-order valence-corrected chi connectivity index (χ3v) is 6.07. The lowest BCUT2D eigenvalue weighted by Gasteiger charge is -2.30. The zero-order chi connectivity index (χ0) is 25.1. The van der Waals surface area contributed by atoms with E-state index in [0.717, 1.165) is 30.5 Å². The van der Waals surface area contributed by atoms with E-state index in [1.165, 1.54) is 29.4 Å². The second kappa shape index (κ2) is 10.1. The van der Waals surface area contributed by atoms with Gasteiger partial charge in [-0.25, -0.2) is 4.39 Å². The minimum Gasteiger partial charge on any atom is -0.467 e. The largest absolute Gasteiger partial charge is 0.467 e. The van der Waals surface area contributed by atoms with E-state index in [0.29, 0.717) is 11.5 Å². The zero-order valence-electron chi connectivity index (χ0n) is 19.6. The number of aryl methyl sites for hydroxylation is 1. The summed E-state index contributed by atoms with van der Waals surface area (Å²) in [7, 11) is 0. The number of halogens is 1. The number of aromatic nitrogens is 4. The molecular weight excluding hydrogens is 467 g/mol. The predicted octanol–water partition coefficient (Wildman–Crippen LogP) is 3.81. The maximum Gasteiger partial charge on any atom is 0.251 e. The number of hydrogen-bond donors (Lipinski definition) is 1. The number of furan rings is 2. The second-order valence-electron chi connectivity index (χ2n) is 8.71. The van der Waals surface area contributed by atoms with Gasteiger partial charge in [-0.2, -0.15) is 4.80 Å². The highest BCUT2D eigenvalue weighted by Crippen LogP contribution is 2.30. The molecule has 2 amide bonds. The molecule has 1 aromatic carbocycles. The Hall–Kier alpha value is -4.28. The van der Waals surface area contributed by atoms with Gasteiger partial charge >= 0.3 is 0 Å². The van der Waals surface area contributed by atoms with Gasteiger partial charge < -0.3 is 14.2 Å². The number of hydrogen-bond acceptors (Lipinski definition) is 7. The fourth-order valence-electron chi connectivity index (χ4n) is 4.39. The molecule has 5 rings (SSSR count). The van der Waals surface area contributed by atoms with E-state index >= 15 is 0 Å². The van der Waals surface area contributed by atoms with E-state index in [-0.39, 0.29) is 29.9 Å². The SMILES string of the molecule is Cc1ccc(-c2nnn(CC(=O)N(c3cccc(F)c3)[C@@H](C(=O)NC3CCCC3)c3ccco3)n2)o1. The predicted molar refractivity (Wildman–Crippen MR) is 126 cm³/mol. The van der Waals surface area contributed by atoms with Crippen molar-refractivity contribution in [2.24, 2.45) is 0 Å². The van der Waals surface area contributed by atoms with E-state index in [1.807, 2.05) is 0 Å². The first-order valence-corrected chi connectivity index (χ1v) is 11.7. The molecule has 0 aliphatic heterocycles. The molecule has 1 saturated carbocycles. The molecular formula is C25H25FN6O4. The smallest absolute Gasteiger partial charge is 0.251 e. The van der Waals surface area contributed by atoms with Crippen LogP contribution in [0.4, 0.5) is 10.1 Å². The Morgan fingerprint density at radius 2 is 2.03 bits per heavy atom. The molecule has 1 aliphatic rings. The number of nitrogens with zero attached hydrogens (tertiary/aromatic N) is 5. The van der Waals surface area contributed by atoms with Crippen molar-refractivity contribution in [2.45, 2.75) is 51.2 Å². The second-order valence-corrected chi connectivity index (χ2v) is 8.71. The van der Waals surface area contributed by atoms with Crippen LogP contribution in [-0.4, -0.2) is 38.1 Å². The van der Waals surface area contributed by atoms with Gasteiger partial charge in [0.25, 0.3) is 11.8 Å². The van der Waals surface area contributed by atoms with Crippen LogP contribution >= 0.6 is 0 Å². The third-order valence-electron chi connectivity index (χ3n) is 6.07. The summed E-state index contributed by atoms with van der Waals surface area (Å²) in [4.78, 5) is 29.5. The Kier molecular flexibility index (Phi) is 6.61. The Bertz CT molecular complexity index is 1340. The lowest BCUT2D eigenvalue weighted by atomic mass is 10.1. The zero-order valence-corrected chi connectivity index (χ0v) is 19.6. The number of rotatable bonds is 8. The maximum absolute atomic E-state index is 14.2. The van der Waals surface area contributed by atoms with Gasteiger partial charge in [0.2, 0.25) is 5.82 Å². The van der Waals surface area contributed by atoms with Gasteiger partial charge in [-0.15, -0.1) is 10.2 Å². The molecule has 3 heterocycles. The fraction of sp³-hybridized carbons (Fsp3) is 0.320. The van der Waals surface area contributed by atoms with E-state index < -0.39 is 23.7 Å². The average Bonchev–Trinajstić information content (AvgIpc) is 3.65. The summed E-state index contributed by atoms with van der Waals surface area (Å²) in [6, 6.07) is 11.1. The third kappa shape index (κ3) is 5.04. The molecule has 186 valence electrons. The van der Waals surface area contributed by atoms with Crippen molar-refractivity contribution in [3.05, 3.63) is 72.1 Å². The van der Waals surface area contributed by atoms with Gasteiger partial charge in [0.1, 0.15) is 23.9 Å². The van der Waals surface area contributed by atoms with Crippen molar-refractivity contribution >= 4 is 17.5 Å². The molecule has 0 saturated heterocycles. The first-order valence-electron chi connectivity index (χ1n) is 11.7. The normalized spacial score (nSPS) is 14.6. The minimum atomic E-state index is -1.16. The van der Waals surface area contributed by atoms with Crippen molar-refractivity contribution in [1.29, 1.82) is 0 Å². The Labute approximate surface area is 206 Å². The highest BCUT2D eigenvalue weighted by molar-refractivity contribution is 6.01. The lowest BCUT2D eigenvalue weighted by Crippen LogP contribution is -2.47. The van der Waals surface area contributed by atoms with E-state index in [9.17, 15) is 14.0 Å². The minimum absolute atomic E-state index is 0.00992. The van der Waals surface area contributed by atoms with E-state index in [2.05, 4.69) is 20.7 Å². The topological polar surface area (TPSA) is 119 Å². The van der Waals surface area contributed by atoms with Crippen LogP contribution in [0.15, 0.2) is 63.6 Å². The van der Waals surface area contributed by atoms with Gasteiger partial charge in [0.15, 0.2) is 11.8 Å². The van der Waals surface area contributed by atoms with Crippen LogP contribution in [-0.2, 0) is 16.1 Å². The first-order chi connectivity index (χ1) is 17.5. The number of tetrazole rings is 1. The number of amides is 2. The summed E-state index contributed by atoms with van der Waals surface area (Å²) in [6.45, 7) is 1.44. The molecule has 3 aromatic heterocycles. The first kappa shape index (κ1) is 23.5. The van der Waals surface area contributed by atoms with Gasteiger partial charge in [-0.3, -0.25) is 14.5 Å². The highest BCUT2D eigenvalue weighted by Gasteiger charge is 2.36. The van der Waals surface area contributed by atoms with Gasteiger partial charge in [-0.05, 0) is 67.4 Å². The monoisotopic (exact) mass is 492 g/mol. The van der Waals surface area contributed by atoms with Gasteiger partial charge in [-0.1, -0.05) is 18.9 Å². The van der Waals surface area contributed by atoms with Crippen molar-refractivity contribution in [2.75, 3.05) is 4.90 Å². The van der Waals surface area contributed by atoms with E-state index in [1.54, 1.807) is 37.3 Å². The summed E-state index contributed by atoms with van der Waals surface area (Å²) < 4.78 is 25.3. The number of nitrogens with one attached hydrogen (secondary N) is 1. The molecule has 36 heavy (non-hydrogen) atoms. The Morgan fingerprint density at radius 3 is 2.72 bits per heavy atom. The summed E-state index contributed by atoms with van der Waals surface area (Å²) in [5, 5.41) is 15.2. The summed E-state index contributed by atoms with van der Waals surface area (Å²) in [6.07, 6.45) is 5.21. The summed E-state index contributed by atoms with van der Waals surface area (Å²) >= 11 is 0. The Balaban J connectivity index is 1.47. The molecule has 11 heteroatoms. The lowest BCUT2D eigenvalue weighted by molar-refractivity contribution is -0.128. The van der Waals surface area contributed by atoms with Crippen LogP contribution in [0.1, 0.15) is 43.2 Å². The molecule has 4 aromatic rings. The summed E-state index contributed by atoms with van der Waals surface area (Å²) in [5.41, 5.74) is 0.199. The molecule has 1 aliphatic carbocycles. The molecule has 1 fully saturated rings. The molecule has 0 spiro atoms. The van der Waals surface area contributed by atoms with Crippen molar-refractivity contribution in [1.82, 2.24) is 25.5 Å². The van der Waals surface area contributed by atoms with Crippen LogP contribution < -0.4 is 10.2 Å². The maximum atomic E-state index is 14.2.